The first kappa shape index (κ1) is 16.3. The number of aromatic amines is 1. The fourth-order valence-corrected chi connectivity index (χ4v) is 7.98. The van der Waals surface area contributed by atoms with E-state index in [9.17, 15) is 14.9 Å². The Hall–Kier alpha value is -1.86. The molecule has 2 aromatic rings. The number of hydrogen-bond donors (Lipinski definition) is 1. The van der Waals surface area contributed by atoms with Crippen LogP contribution >= 0.6 is 23.1 Å². The second-order valence-electron chi connectivity index (χ2n) is 7.40. The molecular weight excluding hydrogens is 368 g/mol. The average molecular weight is 386 g/mol. The number of thiazole rings is 1. The molecule has 2 saturated carbocycles. The van der Waals surface area contributed by atoms with Crippen LogP contribution in [0.25, 0.3) is 6.08 Å². The number of aromatic nitrogens is 1. The van der Waals surface area contributed by atoms with E-state index in [0.29, 0.717) is 22.6 Å². The van der Waals surface area contributed by atoms with Crippen molar-refractivity contribution in [2.24, 2.45) is 17.8 Å². The third kappa shape index (κ3) is 2.48. The van der Waals surface area contributed by atoms with E-state index in [-0.39, 0.29) is 21.4 Å². The van der Waals surface area contributed by atoms with Gasteiger partial charge in [0, 0.05) is 22.1 Å². The molecule has 1 aromatic carbocycles. The van der Waals surface area contributed by atoms with Crippen LogP contribution in [0.3, 0.4) is 0 Å². The van der Waals surface area contributed by atoms with Gasteiger partial charge >= 0.3 is 4.87 Å². The van der Waals surface area contributed by atoms with Crippen LogP contribution in [0.5, 0.6) is 0 Å². The van der Waals surface area contributed by atoms with Gasteiger partial charge in [-0.3, -0.25) is 14.9 Å². The summed E-state index contributed by atoms with van der Waals surface area (Å²) in [4.78, 5) is 27.0. The highest BCUT2D eigenvalue weighted by molar-refractivity contribution is 8.00. The summed E-state index contributed by atoms with van der Waals surface area (Å²) >= 11 is 3.16. The van der Waals surface area contributed by atoms with Gasteiger partial charge in [0.05, 0.1) is 15.5 Å². The summed E-state index contributed by atoms with van der Waals surface area (Å²) < 4.78 is 0. The van der Waals surface area contributed by atoms with Gasteiger partial charge in [0.1, 0.15) is 0 Å². The monoisotopic (exact) mass is 386 g/mol. The summed E-state index contributed by atoms with van der Waals surface area (Å²) in [5.74, 6) is 2.17. The third-order valence-corrected chi connectivity index (χ3v) is 8.77. The Bertz CT molecular complexity index is 964. The Kier molecular flexibility index (Phi) is 3.83. The molecule has 1 aromatic heterocycles. The van der Waals surface area contributed by atoms with Gasteiger partial charge in [0.2, 0.25) is 0 Å². The number of nitro benzene ring substituents is 1. The molecule has 1 N–H and O–H groups in total. The smallest absolute Gasteiger partial charge is 0.305 e. The first-order valence-electron chi connectivity index (χ1n) is 8.93. The van der Waals surface area contributed by atoms with Crippen molar-refractivity contribution in [3.8, 4) is 0 Å². The predicted molar refractivity (Wildman–Crippen MR) is 104 cm³/mol. The number of hydrogen-bond acceptors (Lipinski definition) is 5. The number of nitrogens with one attached hydrogen (secondary N) is 1. The van der Waals surface area contributed by atoms with Crippen molar-refractivity contribution < 1.29 is 4.92 Å². The van der Waals surface area contributed by atoms with E-state index in [1.807, 2.05) is 23.9 Å². The molecule has 7 heteroatoms. The third-order valence-electron chi connectivity index (χ3n) is 6.13. The molecule has 5 rings (SSSR count). The maximum Gasteiger partial charge on any atom is 0.305 e. The number of thioether (sulfide) groups is 1. The van der Waals surface area contributed by atoms with Crippen molar-refractivity contribution in [2.75, 3.05) is 0 Å². The number of para-hydroxylation sites is 1. The number of H-pyrrole nitrogens is 1. The fourth-order valence-electron chi connectivity index (χ4n) is 5.12. The average Bonchev–Trinajstić information content (AvgIpc) is 3.32. The lowest BCUT2D eigenvalue weighted by Gasteiger charge is -2.38. The molecule has 2 fully saturated rings. The van der Waals surface area contributed by atoms with Crippen molar-refractivity contribution in [3.63, 3.8) is 0 Å². The minimum Gasteiger partial charge on any atom is -0.307 e. The van der Waals surface area contributed by atoms with Gasteiger partial charge in [0.25, 0.3) is 5.69 Å². The molecule has 26 heavy (non-hydrogen) atoms. The molecule has 0 radical (unpaired) electrons. The summed E-state index contributed by atoms with van der Waals surface area (Å²) in [6, 6.07) is 6.83. The standard InChI is InChI=1S/C19H18N2O3S2/c22-19-20-18-17(26-19)13(15-11-5-6-12(9-11)16(15)25-18)8-7-10-3-1-2-4-14(10)21(23)24/h1-4,7-8,11-13,15-16H,5-6,9H2,(H,20,22)/b8-7+/t11-,12+,13-,15+,16+/m1/s1. The van der Waals surface area contributed by atoms with Gasteiger partial charge in [0.15, 0.2) is 0 Å². The van der Waals surface area contributed by atoms with Crippen molar-refractivity contribution in [3.05, 3.63) is 60.6 Å². The summed E-state index contributed by atoms with van der Waals surface area (Å²) in [6.07, 6.45) is 7.86. The van der Waals surface area contributed by atoms with E-state index in [1.165, 1.54) is 36.7 Å². The Morgan fingerprint density at radius 2 is 2.04 bits per heavy atom. The summed E-state index contributed by atoms with van der Waals surface area (Å²) in [6.45, 7) is 0. The molecule has 0 spiro atoms. The van der Waals surface area contributed by atoms with Crippen LogP contribution in [-0.2, 0) is 0 Å². The highest BCUT2D eigenvalue weighted by Crippen LogP contribution is 2.62. The highest BCUT2D eigenvalue weighted by atomic mass is 32.2. The maximum atomic E-state index is 12.0. The Morgan fingerprint density at radius 3 is 2.88 bits per heavy atom. The zero-order valence-electron chi connectivity index (χ0n) is 14.0. The summed E-state index contributed by atoms with van der Waals surface area (Å²) in [7, 11) is 0. The van der Waals surface area contributed by atoms with E-state index in [4.69, 9.17) is 0 Å². The highest BCUT2D eigenvalue weighted by Gasteiger charge is 2.53. The Labute approximate surface area is 158 Å². The minimum atomic E-state index is -0.336. The lowest BCUT2D eigenvalue weighted by Crippen LogP contribution is -2.32. The van der Waals surface area contributed by atoms with Gasteiger partial charge in [-0.25, -0.2) is 0 Å². The molecule has 2 aliphatic carbocycles. The molecule has 2 heterocycles. The van der Waals surface area contributed by atoms with E-state index in [2.05, 4.69) is 11.1 Å². The fraction of sp³-hybridized carbons (Fsp3) is 0.421. The van der Waals surface area contributed by atoms with Gasteiger partial charge in [-0.1, -0.05) is 35.6 Å². The SMILES string of the molecule is O=c1[nH]c2c(s1)[C@H](/C=C/c1ccccc1[N+](=O)[O-])[C@@H]1[C@@H]3CC[C@@H](C3)[C@@H]1S2. The number of nitrogens with zero attached hydrogens (tertiary/aromatic N) is 1. The van der Waals surface area contributed by atoms with Crippen molar-refractivity contribution in [2.45, 2.75) is 35.5 Å². The molecule has 0 amide bonds. The first-order chi connectivity index (χ1) is 12.6. The number of fused-ring (bicyclic) bond motifs is 6. The van der Waals surface area contributed by atoms with Crippen molar-refractivity contribution in [1.82, 2.24) is 4.98 Å². The second-order valence-corrected chi connectivity index (χ2v) is 9.60. The molecule has 0 saturated heterocycles. The largest absolute Gasteiger partial charge is 0.307 e. The number of nitro groups is 1. The van der Waals surface area contributed by atoms with E-state index < -0.39 is 0 Å². The van der Waals surface area contributed by atoms with Crippen LogP contribution in [0.15, 0.2) is 40.2 Å². The lowest BCUT2D eigenvalue weighted by molar-refractivity contribution is -0.385. The quantitative estimate of drug-likeness (QED) is 0.615. The topological polar surface area (TPSA) is 76.0 Å². The molecule has 134 valence electrons. The van der Waals surface area contributed by atoms with Gasteiger partial charge in [-0.15, -0.1) is 11.8 Å². The summed E-state index contributed by atoms with van der Waals surface area (Å²) in [5, 5.41) is 12.9. The predicted octanol–water partition coefficient (Wildman–Crippen LogP) is 4.66. The van der Waals surface area contributed by atoms with Gasteiger partial charge in [-0.05, 0) is 43.1 Å². The van der Waals surface area contributed by atoms with Crippen LogP contribution in [0, 0.1) is 27.9 Å². The molecule has 5 nitrogen and oxygen atoms in total. The molecule has 0 unspecified atom stereocenters. The number of benzene rings is 1. The van der Waals surface area contributed by atoms with Crippen LogP contribution in [-0.4, -0.2) is 15.2 Å². The lowest BCUT2D eigenvalue weighted by atomic mass is 9.77. The van der Waals surface area contributed by atoms with Crippen LogP contribution < -0.4 is 4.87 Å². The number of allylic oxidation sites excluding steroid dienone is 1. The van der Waals surface area contributed by atoms with Crippen LogP contribution in [0.2, 0.25) is 0 Å². The van der Waals surface area contributed by atoms with Crippen molar-refractivity contribution >= 4 is 34.9 Å². The molecular formula is C19H18N2O3S2. The van der Waals surface area contributed by atoms with Gasteiger partial charge in [-0.2, -0.15) is 0 Å². The Morgan fingerprint density at radius 1 is 1.23 bits per heavy atom. The normalized spacial score (nSPS) is 31.9. The maximum absolute atomic E-state index is 12.0. The van der Waals surface area contributed by atoms with Gasteiger partial charge < -0.3 is 4.98 Å². The Balaban J connectivity index is 1.56. The van der Waals surface area contributed by atoms with E-state index in [0.717, 1.165) is 15.8 Å². The zero-order valence-corrected chi connectivity index (χ0v) is 15.6. The second kappa shape index (κ2) is 6.09. The van der Waals surface area contributed by atoms with Crippen LogP contribution in [0.4, 0.5) is 5.69 Å². The number of rotatable bonds is 3. The van der Waals surface area contributed by atoms with E-state index in [1.54, 1.807) is 12.1 Å². The molecule has 3 aliphatic rings. The molecule has 5 atom stereocenters. The summed E-state index contributed by atoms with van der Waals surface area (Å²) in [5.41, 5.74) is 0.751. The molecule has 1 aliphatic heterocycles. The minimum absolute atomic E-state index is 0.00101. The van der Waals surface area contributed by atoms with Crippen molar-refractivity contribution in [1.29, 1.82) is 0 Å². The molecule has 2 bridgehead atoms. The first-order valence-corrected chi connectivity index (χ1v) is 10.6. The van der Waals surface area contributed by atoms with E-state index >= 15 is 0 Å². The van der Waals surface area contributed by atoms with Crippen LogP contribution in [0.1, 0.15) is 35.6 Å². The zero-order chi connectivity index (χ0) is 17.8.